The van der Waals surface area contributed by atoms with Gasteiger partial charge in [-0.15, -0.1) is 0 Å². The van der Waals surface area contributed by atoms with Crippen LogP contribution in [-0.2, 0) is 11.3 Å². The van der Waals surface area contributed by atoms with Gasteiger partial charge in [0.15, 0.2) is 0 Å². The first kappa shape index (κ1) is 25.2. The summed E-state index contributed by atoms with van der Waals surface area (Å²) in [6, 6.07) is 11.8. The molecule has 182 valence electrons. The molecule has 3 heterocycles. The SMILES string of the molecule is CCCCn1c(N2CCCC2)c(C=C2SC(=S)N(C(C)c3ccccc3)C2=O)c(C)c(C#N)c1=O. The van der Waals surface area contributed by atoms with E-state index in [0.717, 1.165) is 55.7 Å². The third-order valence-corrected chi connectivity index (χ3v) is 8.09. The normalized spacial score (nSPS) is 17.9. The standard InChI is InChI=1S/C27H30N4O2S2/c1-4-5-15-30-24(29-13-9-10-14-29)21(18(2)22(17-28)25(30)32)16-23-26(33)31(27(34)35-23)19(3)20-11-7-6-8-12-20/h6-8,11-12,16,19H,4-5,9-10,13-15H2,1-3H3. The number of rotatable bonds is 7. The second-order valence-corrected chi connectivity index (χ2v) is 10.7. The van der Waals surface area contributed by atoms with Gasteiger partial charge in [0.1, 0.15) is 21.8 Å². The zero-order valence-electron chi connectivity index (χ0n) is 20.4. The Hall–Kier alpha value is -2.89. The molecule has 4 rings (SSSR count). The van der Waals surface area contributed by atoms with E-state index < -0.39 is 0 Å². The predicted molar refractivity (Wildman–Crippen MR) is 146 cm³/mol. The van der Waals surface area contributed by atoms with E-state index in [1.807, 2.05) is 50.3 Å². The Morgan fingerprint density at radius 3 is 2.51 bits per heavy atom. The number of nitriles is 1. The lowest BCUT2D eigenvalue weighted by molar-refractivity contribution is -0.123. The van der Waals surface area contributed by atoms with Crippen molar-refractivity contribution in [2.75, 3.05) is 18.0 Å². The summed E-state index contributed by atoms with van der Waals surface area (Å²) in [5.41, 5.74) is 2.30. The van der Waals surface area contributed by atoms with Crippen molar-refractivity contribution in [3.05, 3.63) is 67.8 Å². The van der Waals surface area contributed by atoms with Gasteiger partial charge in [-0.05, 0) is 50.3 Å². The second kappa shape index (κ2) is 10.8. The Labute approximate surface area is 216 Å². The van der Waals surface area contributed by atoms with Gasteiger partial charge in [0, 0.05) is 25.2 Å². The molecule has 1 aromatic carbocycles. The molecule has 0 spiro atoms. The number of carbonyl (C=O) groups excluding carboxylic acids is 1. The second-order valence-electron chi connectivity index (χ2n) is 8.99. The number of benzene rings is 1. The Bertz CT molecular complexity index is 1270. The van der Waals surface area contributed by atoms with Crippen LogP contribution in [0.5, 0.6) is 0 Å². The molecule has 0 saturated carbocycles. The van der Waals surface area contributed by atoms with Gasteiger partial charge in [-0.1, -0.05) is 67.7 Å². The van der Waals surface area contributed by atoms with Crippen LogP contribution in [0.15, 0.2) is 40.0 Å². The number of hydrogen-bond acceptors (Lipinski definition) is 6. The molecule has 35 heavy (non-hydrogen) atoms. The quantitative estimate of drug-likeness (QED) is 0.370. The summed E-state index contributed by atoms with van der Waals surface area (Å²) in [5.74, 6) is 0.673. The first-order valence-corrected chi connectivity index (χ1v) is 13.4. The van der Waals surface area contributed by atoms with Crippen molar-refractivity contribution < 1.29 is 4.79 Å². The third-order valence-electron chi connectivity index (χ3n) is 6.76. The van der Waals surface area contributed by atoms with E-state index in [2.05, 4.69) is 17.9 Å². The van der Waals surface area contributed by atoms with E-state index in [9.17, 15) is 14.9 Å². The smallest absolute Gasteiger partial charge is 0.270 e. The molecular formula is C27H30N4O2S2. The third kappa shape index (κ3) is 4.80. The molecule has 0 bridgehead atoms. The van der Waals surface area contributed by atoms with Crippen molar-refractivity contribution >= 4 is 46.1 Å². The van der Waals surface area contributed by atoms with Crippen LogP contribution >= 0.6 is 24.0 Å². The van der Waals surface area contributed by atoms with Crippen LogP contribution in [0, 0.1) is 18.3 Å². The molecule has 8 heteroatoms. The van der Waals surface area contributed by atoms with Crippen molar-refractivity contribution in [3.63, 3.8) is 0 Å². The minimum atomic E-state index is -0.247. The van der Waals surface area contributed by atoms with Gasteiger partial charge >= 0.3 is 0 Å². The largest absolute Gasteiger partial charge is 0.357 e. The fraction of sp³-hybridized carbons (Fsp3) is 0.407. The molecule has 2 saturated heterocycles. The fourth-order valence-corrected chi connectivity index (χ4v) is 6.16. The maximum absolute atomic E-state index is 13.6. The average Bonchev–Trinajstić information content (AvgIpc) is 3.48. The number of hydrogen-bond donors (Lipinski definition) is 0. The topological polar surface area (TPSA) is 69.3 Å². The zero-order chi connectivity index (χ0) is 25.1. The summed E-state index contributed by atoms with van der Waals surface area (Å²) >= 11 is 6.90. The van der Waals surface area contributed by atoms with E-state index in [-0.39, 0.29) is 23.1 Å². The number of nitrogens with zero attached hydrogens (tertiary/aromatic N) is 4. The highest BCUT2D eigenvalue weighted by atomic mass is 32.2. The number of pyridine rings is 1. The molecule has 0 radical (unpaired) electrons. The number of unbranched alkanes of at least 4 members (excludes halogenated alkanes) is 1. The van der Waals surface area contributed by atoms with Gasteiger partial charge in [0.2, 0.25) is 0 Å². The highest BCUT2D eigenvalue weighted by Gasteiger charge is 2.36. The average molecular weight is 507 g/mol. The van der Waals surface area contributed by atoms with Crippen molar-refractivity contribution in [1.82, 2.24) is 9.47 Å². The van der Waals surface area contributed by atoms with E-state index >= 15 is 0 Å². The van der Waals surface area contributed by atoms with E-state index in [1.54, 1.807) is 9.47 Å². The number of carbonyl (C=O) groups is 1. The minimum Gasteiger partial charge on any atom is -0.357 e. The summed E-state index contributed by atoms with van der Waals surface area (Å²) in [6.45, 7) is 8.11. The Kier molecular flexibility index (Phi) is 7.78. The summed E-state index contributed by atoms with van der Waals surface area (Å²) in [7, 11) is 0. The van der Waals surface area contributed by atoms with E-state index in [4.69, 9.17) is 12.2 Å². The van der Waals surface area contributed by atoms with E-state index in [0.29, 0.717) is 21.3 Å². The number of aromatic nitrogens is 1. The molecule has 2 fully saturated rings. The van der Waals surface area contributed by atoms with Crippen LogP contribution in [0.2, 0.25) is 0 Å². The maximum atomic E-state index is 13.6. The molecule has 2 aromatic rings. The summed E-state index contributed by atoms with van der Waals surface area (Å²) in [5, 5.41) is 9.83. The fourth-order valence-electron chi connectivity index (χ4n) is 4.76. The van der Waals surface area contributed by atoms with Gasteiger partial charge in [-0.3, -0.25) is 19.1 Å². The van der Waals surface area contributed by atoms with E-state index in [1.165, 1.54) is 11.8 Å². The van der Waals surface area contributed by atoms with Crippen molar-refractivity contribution in [2.24, 2.45) is 0 Å². The molecular weight excluding hydrogens is 476 g/mol. The monoisotopic (exact) mass is 506 g/mol. The predicted octanol–water partition coefficient (Wildman–Crippen LogP) is 5.39. The van der Waals surface area contributed by atoms with Crippen molar-refractivity contribution in [3.8, 4) is 6.07 Å². The summed E-state index contributed by atoms with van der Waals surface area (Å²) in [4.78, 5) is 31.3. The molecule has 1 atom stereocenters. The molecule has 0 N–H and O–H groups in total. The van der Waals surface area contributed by atoms with Gasteiger partial charge in [-0.25, -0.2) is 0 Å². The highest BCUT2D eigenvalue weighted by molar-refractivity contribution is 8.26. The van der Waals surface area contributed by atoms with Gasteiger partial charge in [0.25, 0.3) is 11.5 Å². The Morgan fingerprint density at radius 1 is 1.20 bits per heavy atom. The number of amides is 1. The molecule has 1 aromatic heterocycles. The Balaban J connectivity index is 1.84. The van der Waals surface area contributed by atoms with Crippen LogP contribution in [0.4, 0.5) is 5.82 Å². The van der Waals surface area contributed by atoms with Crippen LogP contribution < -0.4 is 10.5 Å². The lowest BCUT2D eigenvalue weighted by Gasteiger charge is -2.27. The molecule has 0 aliphatic carbocycles. The molecule has 6 nitrogen and oxygen atoms in total. The summed E-state index contributed by atoms with van der Waals surface area (Å²) in [6.07, 6.45) is 5.73. The number of thiocarbonyl (C=S) groups is 1. The zero-order valence-corrected chi connectivity index (χ0v) is 22.0. The van der Waals surface area contributed by atoms with Crippen LogP contribution in [-0.4, -0.2) is 32.8 Å². The number of thioether (sulfide) groups is 1. The van der Waals surface area contributed by atoms with Gasteiger partial charge in [0.05, 0.1) is 10.9 Å². The van der Waals surface area contributed by atoms with Crippen molar-refractivity contribution in [1.29, 1.82) is 5.26 Å². The molecule has 1 amide bonds. The van der Waals surface area contributed by atoms with Crippen molar-refractivity contribution in [2.45, 2.75) is 59.0 Å². The first-order valence-electron chi connectivity index (χ1n) is 12.1. The first-order chi connectivity index (χ1) is 16.9. The van der Waals surface area contributed by atoms with Crippen LogP contribution in [0.3, 0.4) is 0 Å². The van der Waals surface area contributed by atoms with Crippen LogP contribution in [0.25, 0.3) is 6.08 Å². The molecule has 2 aliphatic rings. The lowest BCUT2D eigenvalue weighted by atomic mass is 10.0. The van der Waals surface area contributed by atoms with Gasteiger partial charge < -0.3 is 4.90 Å². The number of anilines is 1. The van der Waals surface area contributed by atoms with Crippen LogP contribution in [0.1, 0.15) is 67.8 Å². The molecule has 2 aliphatic heterocycles. The summed E-state index contributed by atoms with van der Waals surface area (Å²) < 4.78 is 2.26. The highest BCUT2D eigenvalue weighted by Crippen LogP contribution is 2.40. The molecule has 1 unspecified atom stereocenters. The maximum Gasteiger partial charge on any atom is 0.270 e. The lowest BCUT2D eigenvalue weighted by Crippen LogP contribution is -2.33. The minimum absolute atomic E-state index is 0.142. The Morgan fingerprint density at radius 2 is 1.89 bits per heavy atom. The van der Waals surface area contributed by atoms with Gasteiger partial charge in [-0.2, -0.15) is 5.26 Å².